The van der Waals surface area contributed by atoms with Gasteiger partial charge in [0.1, 0.15) is 35.7 Å². The van der Waals surface area contributed by atoms with E-state index >= 15 is 0 Å². The number of rotatable bonds is 18. The van der Waals surface area contributed by atoms with Gasteiger partial charge in [0, 0.05) is 0 Å². The number of amides is 4. The van der Waals surface area contributed by atoms with Crippen LogP contribution in [0.2, 0.25) is 0 Å². The summed E-state index contributed by atoms with van der Waals surface area (Å²) in [6, 6.07) is -2.16. The Morgan fingerprint density at radius 3 is 1.98 bits per heavy atom. The van der Waals surface area contributed by atoms with E-state index in [1.807, 2.05) is 0 Å². The lowest BCUT2D eigenvalue weighted by Gasteiger charge is -2.28. The molecule has 1 aromatic carbocycles. The number of nitrogens with one attached hydrogen (secondary N) is 4. The van der Waals surface area contributed by atoms with Crippen LogP contribution in [-0.2, 0) is 24.0 Å². The number of unbranched alkanes of at least 4 members (excludes halogenated alkanes) is 1. The van der Waals surface area contributed by atoms with Crippen LogP contribution in [0.3, 0.4) is 0 Å². The van der Waals surface area contributed by atoms with Gasteiger partial charge < -0.3 is 47.4 Å². The number of carbonyl (C=O) groups is 6. The Labute approximate surface area is 243 Å². The molecule has 0 saturated heterocycles. The highest BCUT2D eigenvalue weighted by Crippen LogP contribution is 2.22. The molecule has 0 bridgehead atoms. The fourth-order valence-electron chi connectivity index (χ4n) is 3.92. The lowest BCUT2D eigenvalue weighted by molar-refractivity contribution is -0.143. The van der Waals surface area contributed by atoms with Crippen molar-refractivity contribution in [1.82, 2.24) is 21.3 Å². The molecule has 0 unspecified atom stereocenters. The molecule has 0 aliphatic heterocycles. The molecular formula is C27H41N5O10. The minimum absolute atomic E-state index is 0.0429. The zero-order valence-corrected chi connectivity index (χ0v) is 23.9. The summed E-state index contributed by atoms with van der Waals surface area (Å²) in [5.41, 5.74) is 5.21. The summed E-state index contributed by atoms with van der Waals surface area (Å²) >= 11 is 0. The summed E-state index contributed by atoms with van der Waals surface area (Å²) in [6.07, 6.45) is 0.510. The Kier molecular flexibility index (Phi) is 14.8. The molecule has 15 heteroatoms. The van der Waals surface area contributed by atoms with E-state index in [0.717, 1.165) is 18.2 Å². The molecule has 0 aliphatic carbocycles. The smallest absolute Gasteiger partial charge is 0.326 e. The normalized spacial score (nSPS) is 14.4. The topological polar surface area (TPSA) is 257 Å². The molecule has 5 atom stereocenters. The molecule has 42 heavy (non-hydrogen) atoms. The van der Waals surface area contributed by atoms with Crippen molar-refractivity contribution in [3.8, 4) is 11.5 Å². The molecule has 0 fully saturated rings. The van der Waals surface area contributed by atoms with Gasteiger partial charge in [-0.1, -0.05) is 27.2 Å². The van der Waals surface area contributed by atoms with E-state index in [4.69, 9.17) is 5.73 Å². The molecule has 10 N–H and O–H groups in total. The van der Waals surface area contributed by atoms with E-state index in [1.54, 1.807) is 20.8 Å². The van der Waals surface area contributed by atoms with Crippen LogP contribution in [0, 0.1) is 5.92 Å². The first-order valence-electron chi connectivity index (χ1n) is 13.6. The van der Waals surface area contributed by atoms with Gasteiger partial charge in [-0.05, 0) is 56.3 Å². The number of carbonyl (C=O) groups excluding carboxylic acids is 4. The van der Waals surface area contributed by atoms with E-state index in [1.165, 1.54) is 0 Å². The van der Waals surface area contributed by atoms with E-state index in [-0.39, 0.29) is 24.2 Å². The van der Waals surface area contributed by atoms with Crippen molar-refractivity contribution in [2.75, 3.05) is 6.54 Å². The predicted octanol–water partition coefficient (Wildman–Crippen LogP) is -0.205. The molecule has 234 valence electrons. The van der Waals surface area contributed by atoms with Gasteiger partial charge in [-0.25, -0.2) is 4.79 Å². The maximum absolute atomic E-state index is 13.2. The van der Waals surface area contributed by atoms with Crippen molar-refractivity contribution >= 4 is 35.6 Å². The summed E-state index contributed by atoms with van der Waals surface area (Å²) < 4.78 is 0. The minimum Gasteiger partial charge on any atom is -0.508 e. The second-order valence-electron chi connectivity index (χ2n) is 9.85. The van der Waals surface area contributed by atoms with Crippen LogP contribution in [0.25, 0.3) is 0 Å². The van der Waals surface area contributed by atoms with Crippen LogP contribution in [0.4, 0.5) is 0 Å². The summed E-state index contributed by atoms with van der Waals surface area (Å²) in [4.78, 5) is 75.1. The molecule has 0 aromatic heterocycles. The third kappa shape index (κ3) is 11.2. The first-order chi connectivity index (χ1) is 19.7. The van der Waals surface area contributed by atoms with E-state index < -0.39 is 77.8 Å². The van der Waals surface area contributed by atoms with Crippen LogP contribution >= 0.6 is 0 Å². The van der Waals surface area contributed by atoms with Crippen LogP contribution in [0.1, 0.15) is 69.7 Å². The van der Waals surface area contributed by atoms with Gasteiger partial charge in [-0.2, -0.15) is 0 Å². The Balaban J connectivity index is 3.20. The fourth-order valence-corrected chi connectivity index (χ4v) is 3.92. The number of aromatic hydroxyl groups is 2. The highest BCUT2D eigenvalue weighted by molar-refractivity contribution is 6.01. The number of hydrogen-bond acceptors (Lipinski definition) is 9. The van der Waals surface area contributed by atoms with Gasteiger partial charge >= 0.3 is 11.9 Å². The van der Waals surface area contributed by atoms with Crippen molar-refractivity contribution in [2.24, 2.45) is 11.7 Å². The Morgan fingerprint density at radius 2 is 1.43 bits per heavy atom. The minimum atomic E-state index is -1.67. The third-order valence-electron chi connectivity index (χ3n) is 6.62. The van der Waals surface area contributed by atoms with Crippen LogP contribution in [0.15, 0.2) is 18.2 Å². The zero-order chi connectivity index (χ0) is 32.0. The lowest BCUT2D eigenvalue weighted by atomic mass is 9.97. The van der Waals surface area contributed by atoms with E-state index in [2.05, 4.69) is 21.3 Å². The standard InChI is InChI=1S/C27H41N5O10/c1-4-14(3)22(26(40)29-17(5-2)27(41)42)32-25(39)19(13-21(35)36)31-24(38)18(8-6-7-11-28)30-23(37)16-12-15(33)9-10-20(16)34/h9-10,12,14,17-19,22,33-34H,4-8,11,13,28H2,1-3H3,(H,29,40)(H,30,37)(H,31,38)(H,32,39)(H,35,36)(H,41,42)/t14-,17-,18-,19-,22-/m0/s1. The number of carboxylic acids is 2. The first-order valence-corrected chi connectivity index (χ1v) is 13.6. The highest BCUT2D eigenvalue weighted by atomic mass is 16.4. The van der Waals surface area contributed by atoms with Crippen LogP contribution < -0.4 is 27.0 Å². The first kappa shape index (κ1) is 35.6. The summed E-state index contributed by atoms with van der Waals surface area (Å²) in [5.74, 6) is -7.58. The lowest BCUT2D eigenvalue weighted by Crippen LogP contribution is -2.59. The number of hydrogen-bond donors (Lipinski definition) is 9. The largest absolute Gasteiger partial charge is 0.508 e. The SMILES string of the molecule is CC[C@H](NC(=O)[C@@H](NC(=O)[C@H](CC(=O)O)NC(=O)[C@H](CCCCN)NC(=O)c1cc(O)ccc1O)[C@@H](C)CC)C(=O)O. The molecule has 0 spiro atoms. The van der Waals surface area contributed by atoms with Crippen molar-refractivity contribution < 1.29 is 49.2 Å². The molecule has 0 saturated carbocycles. The number of aliphatic carboxylic acids is 2. The van der Waals surface area contributed by atoms with Crippen molar-refractivity contribution in [3.05, 3.63) is 23.8 Å². The Bertz CT molecular complexity index is 1130. The molecule has 4 amide bonds. The van der Waals surface area contributed by atoms with Crippen molar-refractivity contribution in [1.29, 1.82) is 0 Å². The van der Waals surface area contributed by atoms with Crippen LogP contribution in [-0.4, -0.2) is 86.7 Å². The molecule has 0 heterocycles. The zero-order valence-electron chi connectivity index (χ0n) is 23.9. The van der Waals surface area contributed by atoms with Gasteiger partial charge in [0.05, 0.1) is 12.0 Å². The fraction of sp³-hybridized carbons (Fsp3) is 0.556. The van der Waals surface area contributed by atoms with E-state index in [0.29, 0.717) is 25.8 Å². The quantitative estimate of drug-likeness (QED) is 0.0792. The second-order valence-corrected chi connectivity index (χ2v) is 9.85. The van der Waals surface area contributed by atoms with Crippen molar-refractivity contribution in [3.63, 3.8) is 0 Å². The number of carboxylic acid groups (broad SMARTS) is 2. The monoisotopic (exact) mass is 595 g/mol. The van der Waals surface area contributed by atoms with Gasteiger partial charge in [-0.3, -0.25) is 24.0 Å². The van der Waals surface area contributed by atoms with Gasteiger partial charge in [0.15, 0.2) is 0 Å². The average Bonchev–Trinajstić information content (AvgIpc) is 2.93. The summed E-state index contributed by atoms with van der Waals surface area (Å²) in [6.45, 7) is 5.22. The summed E-state index contributed by atoms with van der Waals surface area (Å²) in [7, 11) is 0. The van der Waals surface area contributed by atoms with Gasteiger partial charge in [0.2, 0.25) is 17.7 Å². The van der Waals surface area contributed by atoms with Crippen molar-refractivity contribution in [2.45, 2.75) is 83.5 Å². The predicted molar refractivity (Wildman–Crippen MR) is 149 cm³/mol. The molecule has 15 nitrogen and oxygen atoms in total. The number of phenolic OH excluding ortho intramolecular Hbond substituents is 2. The van der Waals surface area contributed by atoms with Gasteiger partial charge in [-0.15, -0.1) is 0 Å². The highest BCUT2D eigenvalue weighted by Gasteiger charge is 2.34. The Hall–Kier alpha value is -4.40. The molecule has 0 aliphatic rings. The molecular weight excluding hydrogens is 554 g/mol. The number of phenols is 2. The third-order valence-corrected chi connectivity index (χ3v) is 6.62. The second kappa shape index (κ2) is 17.4. The maximum Gasteiger partial charge on any atom is 0.326 e. The molecule has 1 aromatic rings. The van der Waals surface area contributed by atoms with E-state index in [9.17, 15) is 49.2 Å². The van der Waals surface area contributed by atoms with Crippen LogP contribution in [0.5, 0.6) is 11.5 Å². The maximum atomic E-state index is 13.2. The molecule has 0 radical (unpaired) electrons. The Morgan fingerprint density at radius 1 is 0.810 bits per heavy atom. The summed E-state index contributed by atoms with van der Waals surface area (Å²) in [5, 5.41) is 47.9. The molecule has 1 rings (SSSR count). The number of nitrogens with two attached hydrogens (primary N) is 1. The van der Waals surface area contributed by atoms with Gasteiger partial charge in [0.25, 0.3) is 5.91 Å². The number of benzene rings is 1. The average molecular weight is 596 g/mol.